The van der Waals surface area contributed by atoms with Crippen LogP contribution >= 0.6 is 0 Å². The number of pyridine rings is 2. The number of hydrogen-bond donors (Lipinski definition) is 1. The molecular formula is C26H28N2O4. The summed E-state index contributed by atoms with van der Waals surface area (Å²) in [7, 11) is 0. The van der Waals surface area contributed by atoms with Crippen molar-refractivity contribution < 1.29 is 19.0 Å². The molecule has 0 radical (unpaired) electrons. The molecule has 1 unspecified atom stereocenters. The highest BCUT2D eigenvalue weighted by Gasteiger charge is 2.21. The smallest absolute Gasteiger partial charge is 0.335 e. The number of aromatic amines is 1. The number of benzene rings is 1. The van der Waals surface area contributed by atoms with Gasteiger partial charge < -0.3 is 19.2 Å². The van der Waals surface area contributed by atoms with Crippen molar-refractivity contribution in [2.75, 3.05) is 19.8 Å². The van der Waals surface area contributed by atoms with Crippen molar-refractivity contribution in [3.8, 4) is 17.0 Å². The maximum absolute atomic E-state index is 12.1. The van der Waals surface area contributed by atoms with Gasteiger partial charge in [0.2, 0.25) is 0 Å². The maximum Gasteiger partial charge on any atom is 0.335 e. The third-order valence-electron chi connectivity index (χ3n) is 5.42. The first kappa shape index (κ1) is 21.8. The Morgan fingerprint density at radius 2 is 1.91 bits per heavy atom. The van der Waals surface area contributed by atoms with Gasteiger partial charge in [-0.2, -0.15) is 0 Å². The number of aromatic nitrogens is 2. The minimum absolute atomic E-state index is 0.325. The van der Waals surface area contributed by atoms with Crippen molar-refractivity contribution >= 4 is 16.9 Å². The summed E-state index contributed by atoms with van der Waals surface area (Å²) < 4.78 is 16.7. The monoisotopic (exact) mass is 432 g/mol. The molecule has 2 aromatic rings. The Bertz CT molecular complexity index is 1140. The second-order valence-corrected chi connectivity index (χ2v) is 7.48. The van der Waals surface area contributed by atoms with E-state index >= 15 is 0 Å². The van der Waals surface area contributed by atoms with Gasteiger partial charge in [-0.05, 0) is 43.7 Å². The number of carbonyl (C=O) groups is 1. The summed E-state index contributed by atoms with van der Waals surface area (Å²) in [6, 6.07) is 16.0. The molecule has 1 aliphatic heterocycles. The summed E-state index contributed by atoms with van der Waals surface area (Å²) >= 11 is 0. The molecule has 0 spiro atoms. The third-order valence-corrected chi connectivity index (χ3v) is 5.42. The summed E-state index contributed by atoms with van der Waals surface area (Å²) in [6.45, 7) is 5.01. The van der Waals surface area contributed by atoms with Crippen molar-refractivity contribution in [2.24, 2.45) is 0 Å². The van der Waals surface area contributed by atoms with Gasteiger partial charge in [0.1, 0.15) is 5.75 Å². The average molecular weight is 433 g/mol. The molecule has 0 bridgehead atoms. The van der Waals surface area contributed by atoms with Gasteiger partial charge in [-0.25, -0.2) is 4.79 Å². The summed E-state index contributed by atoms with van der Waals surface area (Å²) in [5.41, 5.74) is 5.48. The molecule has 4 rings (SSSR count). The van der Waals surface area contributed by atoms with Gasteiger partial charge in [0.05, 0.1) is 24.4 Å². The second-order valence-electron chi connectivity index (χ2n) is 7.48. The molecule has 0 saturated heterocycles. The quantitative estimate of drug-likeness (QED) is 0.365. The molecule has 1 atom stereocenters. The van der Waals surface area contributed by atoms with E-state index in [0.717, 1.165) is 34.3 Å². The molecule has 166 valence electrons. The normalized spacial score (nSPS) is 12.2. The molecule has 0 fully saturated rings. The van der Waals surface area contributed by atoms with Crippen molar-refractivity contribution in [3.63, 3.8) is 0 Å². The van der Waals surface area contributed by atoms with Crippen molar-refractivity contribution in [2.45, 2.75) is 32.8 Å². The molecule has 1 aromatic heterocycles. The molecule has 1 aliphatic carbocycles. The van der Waals surface area contributed by atoms with Gasteiger partial charge in [0, 0.05) is 48.4 Å². The summed E-state index contributed by atoms with van der Waals surface area (Å²) in [4.78, 5) is 20.0. The first-order valence-corrected chi connectivity index (χ1v) is 11.0. The SMILES string of the molecule is CCOC(=O)C(Cc1ccc(OCCc2c3[nH]cccc-3c3cccnc23)cc1)OCC. The summed E-state index contributed by atoms with van der Waals surface area (Å²) in [5, 5.41) is 1.16. The molecule has 32 heavy (non-hydrogen) atoms. The second kappa shape index (κ2) is 10.3. The van der Waals surface area contributed by atoms with Crippen LogP contribution in [-0.4, -0.2) is 41.9 Å². The highest BCUT2D eigenvalue weighted by atomic mass is 16.6. The van der Waals surface area contributed by atoms with E-state index in [-0.39, 0.29) is 5.97 Å². The van der Waals surface area contributed by atoms with E-state index in [0.29, 0.717) is 26.2 Å². The van der Waals surface area contributed by atoms with Gasteiger partial charge >= 0.3 is 5.97 Å². The Kier molecular flexibility index (Phi) is 7.02. The standard InChI is InChI=1S/C26H28N2O4/c1-3-30-23(26(29)31-4-2)17-18-9-11-19(12-10-18)32-16-13-22-24-20(7-5-14-27-24)21-8-6-15-28-25(21)22/h5-12,14-15,23,27H,3-4,13,16-17H2,1-2H3. The number of hydrogen-bond acceptors (Lipinski definition) is 5. The lowest BCUT2D eigenvalue weighted by Crippen LogP contribution is -2.28. The zero-order valence-electron chi connectivity index (χ0n) is 18.5. The number of rotatable bonds is 10. The van der Waals surface area contributed by atoms with Crippen molar-refractivity contribution in [3.05, 3.63) is 72.1 Å². The predicted molar refractivity (Wildman–Crippen MR) is 124 cm³/mol. The first-order valence-electron chi connectivity index (χ1n) is 11.0. The number of esters is 1. The number of nitrogens with zero attached hydrogens (tertiary/aromatic N) is 1. The van der Waals surface area contributed by atoms with Gasteiger partial charge in [-0.15, -0.1) is 0 Å². The van der Waals surface area contributed by atoms with Crippen LogP contribution in [0.2, 0.25) is 0 Å². The molecule has 6 nitrogen and oxygen atoms in total. The first-order chi connectivity index (χ1) is 15.7. The van der Waals surface area contributed by atoms with Gasteiger partial charge in [0.15, 0.2) is 6.10 Å². The number of nitrogens with one attached hydrogen (secondary N) is 1. The Hall–Kier alpha value is -3.38. The average Bonchev–Trinajstić information content (AvgIpc) is 3.14. The minimum atomic E-state index is -0.589. The van der Waals surface area contributed by atoms with Crippen LogP contribution in [0.5, 0.6) is 5.75 Å². The molecule has 1 N–H and O–H groups in total. The van der Waals surface area contributed by atoms with E-state index in [1.807, 2.05) is 55.7 Å². The van der Waals surface area contributed by atoms with Crippen LogP contribution in [0.4, 0.5) is 0 Å². The lowest BCUT2D eigenvalue weighted by atomic mass is 10.1. The lowest BCUT2D eigenvalue weighted by molar-refractivity contribution is -0.156. The van der Waals surface area contributed by atoms with E-state index in [2.05, 4.69) is 22.1 Å². The van der Waals surface area contributed by atoms with Gasteiger partial charge in [0.25, 0.3) is 0 Å². The summed E-state index contributed by atoms with van der Waals surface area (Å²) in [5.74, 6) is 0.462. The Labute approximate surface area is 187 Å². The van der Waals surface area contributed by atoms with E-state index in [4.69, 9.17) is 14.2 Å². The van der Waals surface area contributed by atoms with Crippen LogP contribution in [0, 0.1) is 0 Å². The number of H-pyrrole nitrogens is 1. The zero-order chi connectivity index (χ0) is 22.3. The third kappa shape index (κ3) is 4.75. The van der Waals surface area contributed by atoms with Crippen molar-refractivity contribution in [1.29, 1.82) is 0 Å². The van der Waals surface area contributed by atoms with Gasteiger partial charge in [-0.3, -0.25) is 4.98 Å². The number of fused-ring (bicyclic) bond motifs is 3. The molecule has 2 aliphatic rings. The highest BCUT2D eigenvalue weighted by molar-refractivity contribution is 6.02. The fourth-order valence-corrected chi connectivity index (χ4v) is 3.99. The van der Waals surface area contributed by atoms with E-state index < -0.39 is 6.10 Å². The molecule has 0 amide bonds. The molecular weight excluding hydrogens is 404 g/mol. The topological polar surface area (TPSA) is 73.4 Å². The Morgan fingerprint density at radius 1 is 1.06 bits per heavy atom. The molecule has 1 aromatic carbocycles. The number of ether oxygens (including phenoxy) is 3. The highest BCUT2D eigenvalue weighted by Crippen LogP contribution is 2.36. The fraction of sp³-hybridized carbons (Fsp3) is 0.308. The van der Waals surface area contributed by atoms with Crippen LogP contribution in [0.15, 0.2) is 60.9 Å². The van der Waals surface area contributed by atoms with E-state index in [1.54, 1.807) is 6.92 Å². The Balaban J connectivity index is 1.39. The van der Waals surface area contributed by atoms with Crippen LogP contribution in [-0.2, 0) is 27.1 Å². The Morgan fingerprint density at radius 3 is 2.69 bits per heavy atom. The molecule has 0 saturated carbocycles. The largest absolute Gasteiger partial charge is 0.493 e. The van der Waals surface area contributed by atoms with Crippen LogP contribution in [0.25, 0.3) is 22.2 Å². The predicted octanol–water partition coefficient (Wildman–Crippen LogP) is 4.80. The van der Waals surface area contributed by atoms with Crippen LogP contribution < -0.4 is 4.74 Å². The van der Waals surface area contributed by atoms with E-state index in [1.165, 1.54) is 11.1 Å². The van der Waals surface area contributed by atoms with Crippen molar-refractivity contribution in [1.82, 2.24) is 9.97 Å². The molecule has 6 heteroatoms. The minimum Gasteiger partial charge on any atom is -0.493 e. The van der Waals surface area contributed by atoms with Crippen LogP contribution in [0.3, 0.4) is 0 Å². The van der Waals surface area contributed by atoms with Gasteiger partial charge in [-0.1, -0.05) is 24.3 Å². The fourth-order valence-electron chi connectivity index (χ4n) is 3.99. The molecule has 2 heterocycles. The maximum atomic E-state index is 12.1. The van der Waals surface area contributed by atoms with E-state index in [9.17, 15) is 4.79 Å². The zero-order valence-corrected chi connectivity index (χ0v) is 18.5. The van der Waals surface area contributed by atoms with Crippen LogP contribution in [0.1, 0.15) is 25.0 Å². The number of carbonyl (C=O) groups excluding carboxylic acids is 1. The lowest BCUT2D eigenvalue weighted by Gasteiger charge is -2.16. The summed E-state index contributed by atoms with van der Waals surface area (Å²) in [6.07, 6.45) is 4.40.